The van der Waals surface area contributed by atoms with Gasteiger partial charge in [0.2, 0.25) is 17.7 Å². The van der Waals surface area contributed by atoms with Gasteiger partial charge in [-0.2, -0.15) is 0 Å². The third-order valence-electron chi connectivity index (χ3n) is 5.58. The Morgan fingerprint density at radius 3 is 2.17 bits per heavy atom. The van der Waals surface area contributed by atoms with Gasteiger partial charge in [-0.25, -0.2) is 0 Å². The fourth-order valence-electron chi connectivity index (χ4n) is 4.08. The zero-order valence-electron chi connectivity index (χ0n) is 17.6. The highest BCUT2D eigenvalue weighted by Gasteiger charge is 2.51. The number of likely N-dealkylation sites (tertiary alicyclic amines) is 1. The molecule has 1 fully saturated rings. The van der Waals surface area contributed by atoms with Crippen LogP contribution in [0.15, 0.2) is 24.3 Å². The number of rotatable bonds is 7. The molecule has 8 heteroatoms. The molecule has 7 nitrogen and oxygen atoms in total. The van der Waals surface area contributed by atoms with Crippen LogP contribution in [-0.4, -0.2) is 42.9 Å². The van der Waals surface area contributed by atoms with E-state index in [0.717, 1.165) is 0 Å². The summed E-state index contributed by atoms with van der Waals surface area (Å²) in [5, 5.41) is 3.14. The van der Waals surface area contributed by atoms with E-state index in [1.54, 1.807) is 12.1 Å². The molecule has 0 spiro atoms. The largest absolute Gasteiger partial charge is 0.495 e. The number of nitrogens with one attached hydrogen (secondary N) is 1. The summed E-state index contributed by atoms with van der Waals surface area (Å²) < 4.78 is 10.5. The van der Waals surface area contributed by atoms with Crippen molar-refractivity contribution in [1.29, 1.82) is 0 Å². The SMILES string of the molecule is COc1cc(NC(=O)[C@@H](CC(C)C)N2C(=O)[C@H]3CC=CC[C@H]3C2=O)c(OC)cc1Cl. The van der Waals surface area contributed by atoms with Crippen molar-refractivity contribution in [1.82, 2.24) is 4.90 Å². The average molecular weight is 435 g/mol. The Hall–Kier alpha value is -2.54. The molecule has 162 valence electrons. The minimum atomic E-state index is -0.901. The maximum absolute atomic E-state index is 13.3. The van der Waals surface area contributed by atoms with E-state index in [9.17, 15) is 14.4 Å². The molecule has 0 unspecified atom stereocenters. The second kappa shape index (κ2) is 9.08. The quantitative estimate of drug-likeness (QED) is 0.523. The van der Waals surface area contributed by atoms with Gasteiger partial charge < -0.3 is 14.8 Å². The van der Waals surface area contributed by atoms with E-state index in [0.29, 0.717) is 41.5 Å². The highest BCUT2D eigenvalue weighted by molar-refractivity contribution is 6.32. The third-order valence-corrected chi connectivity index (χ3v) is 5.88. The molecule has 1 aromatic rings. The average Bonchev–Trinajstić information content (AvgIpc) is 2.97. The Morgan fingerprint density at radius 2 is 1.67 bits per heavy atom. The van der Waals surface area contributed by atoms with E-state index >= 15 is 0 Å². The van der Waals surface area contributed by atoms with Crippen LogP contribution < -0.4 is 14.8 Å². The number of benzene rings is 1. The fraction of sp³-hybridized carbons (Fsp3) is 0.500. The summed E-state index contributed by atoms with van der Waals surface area (Å²) >= 11 is 6.14. The number of allylic oxidation sites excluding steroid dienone is 2. The van der Waals surface area contributed by atoms with Crippen LogP contribution in [0.25, 0.3) is 0 Å². The second-order valence-electron chi connectivity index (χ2n) is 8.02. The van der Waals surface area contributed by atoms with Crippen molar-refractivity contribution in [3.8, 4) is 11.5 Å². The number of hydrogen-bond donors (Lipinski definition) is 1. The lowest BCUT2D eigenvalue weighted by molar-refractivity contribution is -0.147. The van der Waals surface area contributed by atoms with Gasteiger partial charge in [0.05, 0.1) is 36.8 Å². The number of halogens is 1. The van der Waals surface area contributed by atoms with E-state index in [1.165, 1.54) is 19.1 Å². The second-order valence-corrected chi connectivity index (χ2v) is 8.43. The molecule has 3 rings (SSSR count). The van der Waals surface area contributed by atoms with Crippen LogP contribution in [0.4, 0.5) is 5.69 Å². The lowest BCUT2D eigenvalue weighted by Gasteiger charge is -2.27. The number of fused-ring (bicyclic) bond motifs is 1. The van der Waals surface area contributed by atoms with Crippen LogP contribution in [0, 0.1) is 17.8 Å². The van der Waals surface area contributed by atoms with Gasteiger partial charge in [0.15, 0.2) is 0 Å². The normalized spacial score (nSPS) is 21.6. The van der Waals surface area contributed by atoms with Crippen molar-refractivity contribution in [3.63, 3.8) is 0 Å². The van der Waals surface area contributed by atoms with Gasteiger partial charge in [-0.1, -0.05) is 37.6 Å². The van der Waals surface area contributed by atoms with Crippen molar-refractivity contribution >= 4 is 35.0 Å². The Bertz CT molecular complexity index is 857. The molecule has 1 aliphatic carbocycles. The zero-order valence-corrected chi connectivity index (χ0v) is 18.4. The van der Waals surface area contributed by atoms with Crippen LogP contribution in [0.2, 0.25) is 5.02 Å². The molecule has 30 heavy (non-hydrogen) atoms. The molecule has 1 heterocycles. The van der Waals surface area contributed by atoms with E-state index in [1.807, 2.05) is 26.0 Å². The number of methoxy groups -OCH3 is 2. The summed E-state index contributed by atoms with van der Waals surface area (Å²) in [6, 6.07) is 2.20. The maximum Gasteiger partial charge on any atom is 0.247 e. The Morgan fingerprint density at radius 1 is 1.10 bits per heavy atom. The number of amides is 3. The van der Waals surface area contributed by atoms with Crippen molar-refractivity contribution in [2.75, 3.05) is 19.5 Å². The smallest absolute Gasteiger partial charge is 0.247 e. The number of anilines is 1. The first-order valence-electron chi connectivity index (χ1n) is 10.0. The van der Waals surface area contributed by atoms with Gasteiger partial charge in [-0.05, 0) is 25.2 Å². The van der Waals surface area contributed by atoms with Crippen molar-refractivity contribution < 1.29 is 23.9 Å². The molecule has 1 N–H and O–H groups in total. The molecular formula is C22H27ClN2O5. The summed E-state index contributed by atoms with van der Waals surface area (Å²) in [5.41, 5.74) is 0.357. The molecule has 1 saturated heterocycles. The Kier molecular flexibility index (Phi) is 6.71. The molecule has 3 amide bonds. The summed E-state index contributed by atoms with van der Waals surface area (Å²) in [6.07, 6.45) is 5.29. The molecule has 0 aromatic heterocycles. The van der Waals surface area contributed by atoms with Crippen LogP contribution in [0.5, 0.6) is 11.5 Å². The molecule has 0 bridgehead atoms. The van der Waals surface area contributed by atoms with Gasteiger partial charge >= 0.3 is 0 Å². The number of hydrogen-bond acceptors (Lipinski definition) is 5. The van der Waals surface area contributed by atoms with Crippen molar-refractivity contribution in [2.45, 2.75) is 39.2 Å². The zero-order chi connectivity index (χ0) is 22.0. The molecular weight excluding hydrogens is 408 g/mol. The van der Waals surface area contributed by atoms with Crippen LogP contribution in [0.1, 0.15) is 33.1 Å². The number of carbonyl (C=O) groups is 3. The van der Waals surface area contributed by atoms with E-state index < -0.39 is 11.9 Å². The summed E-state index contributed by atoms with van der Waals surface area (Å²) in [6.45, 7) is 3.90. The molecule has 1 aromatic carbocycles. The first-order valence-corrected chi connectivity index (χ1v) is 10.4. The summed E-state index contributed by atoms with van der Waals surface area (Å²) in [4.78, 5) is 40.5. The molecule has 0 saturated carbocycles. The summed E-state index contributed by atoms with van der Waals surface area (Å²) in [7, 11) is 2.93. The van der Waals surface area contributed by atoms with Gasteiger partial charge in [-0.15, -0.1) is 0 Å². The van der Waals surface area contributed by atoms with Gasteiger partial charge in [-0.3, -0.25) is 19.3 Å². The third kappa shape index (κ3) is 4.17. The standard InChI is InChI=1S/C22H27ClN2O5/c1-12(2)9-17(25-21(27)13-7-5-6-8-14(13)22(25)28)20(26)24-16-11-18(29-3)15(23)10-19(16)30-4/h5-6,10-14,17H,7-9H2,1-4H3,(H,24,26)/t13-,14+,17-/m1/s1. The van der Waals surface area contributed by atoms with Crippen LogP contribution in [-0.2, 0) is 14.4 Å². The van der Waals surface area contributed by atoms with Gasteiger partial charge in [0, 0.05) is 12.1 Å². The van der Waals surface area contributed by atoms with Crippen molar-refractivity contribution in [2.24, 2.45) is 17.8 Å². The highest BCUT2D eigenvalue weighted by Crippen LogP contribution is 2.39. The van der Waals surface area contributed by atoms with E-state index in [-0.39, 0.29) is 29.6 Å². The molecule has 2 aliphatic rings. The number of nitrogens with zero attached hydrogens (tertiary/aromatic N) is 1. The fourth-order valence-corrected chi connectivity index (χ4v) is 4.31. The van der Waals surface area contributed by atoms with E-state index in [2.05, 4.69) is 5.32 Å². The minimum Gasteiger partial charge on any atom is -0.495 e. The maximum atomic E-state index is 13.3. The van der Waals surface area contributed by atoms with Gasteiger partial charge in [0.25, 0.3) is 0 Å². The van der Waals surface area contributed by atoms with E-state index in [4.69, 9.17) is 21.1 Å². The summed E-state index contributed by atoms with van der Waals surface area (Å²) in [5.74, 6) is -0.909. The first kappa shape index (κ1) is 22.2. The number of carbonyl (C=O) groups excluding carboxylic acids is 3. The highest BCUT2D eigenvalue weighted by atomic mass is 35.5. The monoisotopic (exact) mass is 434 g/mol. The molecule has 0 radical (unpaired) electrons. The first-order chi connectivity index (χ1) is 14.3. The minimum absolute atomic E-state index is 0.101. The number of imide groups is 1. The van der Waals surface area contributed by atoms with Crippen LogP contribution >= 0.6 is 11.6 Å². The predicted molar refractivity (Wildman–Crippen MR) is 114 cm³/mol. The van der Waals surface area contributed by atoms with Crippen molar-refractivity contribution in [3.05, 3.63) is 29.3 Å². The Labute approximate surface area is 181 Å². The Balaban J connectivity index is 1.91. The molecule has 3 atom stereocenters. The number of ether oxygens (including phenoxy) is 2. The predicted octanol–water partition coefficient (Wildman–Crippen LogP) is 3.66. The lowest BCUT2D eigenvalue weighted by Crippen LogP contribution is -2.48. The van der Waals surface area contributed by atoms with Crippen LogP contribution in [0.3, 0.4) is 0 Å². The molecule has 1 aliphatic heterocycles. The lowest BCUT2D eigenvalue weighted by atomic mass is 9.85. The van der Waals surface area contributed by atoms with Gasteiger partial charge in [0.1, 0.15) is 17.5 Å². The topological polar surface area (TPSA) is 84.9 Å².